The zero-order chi connectivity index (χ0) is 13.0. The summed E-state index contributed by atoms with van der Waals surface area (Å²) in [5.41, 5.74) is 11.2. The molecule has 7 heteroatoms. The summed E-state index contributed by atoms with van der Waals surface area (Å²) in [6.45, 7) is 1.56. The van der Waals surface area contributed by atoms with Crippen molar-refractivity contribution in [1.82, 2.24) is 4.98 Å². The van der Waals surface area contributed by atoms with Crippen LogP contribution >= 0.6 is 0 Å². The van der Waals surface area contributed by atoms with E-state index in [0.717, 1.165) is 0 Å². The molecule has 0 bridgehead atoms. The van der Waals surface area contributed by atoms with E-state index in [9.17, 15) is 9.59 Å². The van der Waals surface area contributed by atoms with Crippen LogP contribution in [0.25, 0.3) is 0 Å². The van der Waals surface area contributed by atoms with Gasteiger partial charge in [0.25, 0.3) is 0 Å². The number of primary amides is 1. The minimum absolute atomic E-state index is 0.0980. The van der Waals surface area contributed by atoms with Crippen LogP contribution in [-0.2, 0) is 9.53 Å². The van der Waals surface area contributed by atoms with Gasteiger partial charge in [0.2, 0.25) is 5.91 Å². The maximum Gasteiger partial charge on any atom is 0.356 e. The fourth-order valence-corrected chi connectivity index (χ4v) is 1.08. The Morgan fingerprint density at radius 2 is 2.12 bits per heavy atom. The van der Waals surface area contributed by atoms with Gasteiger partial charge in [0.05, 0.1) is 12.8 Å². The molecule has 1 aromatic heterocycles. The highest BCUT2D eigenvalue weighted by Gasteiger charge is 2.14. The average molecular weight is 238 g/mol. The Hall–Kier alpha value is -2.31. The second-order valence-corrected chi connectivity index (χ2v) is 3.39. The summed E-state index contributed by atoms with van der Waals surface area (Å²) in [5.74, 6) is -0.909. The average Bonchev–Trinajstić information content (AvgIpc) is 2.30. The summed E-state index contributed by atoms with van der Waals surface area (Å²) in [6, 6.07) is 2.29. The van der Waals surface area contributed by atoms with Crippen molar-refractivity contribution >= 4 is 23.4 Å². The van der Waals surface area contributed by atoms with Gasteiger partial charge in [-0.15, -0.1) is 0 Å². The number of nitrogens with zero attached hydrogens (tertiary/aromatic N) is 1. The Morgan fingerprint density at radius 1 is 1.47 bits per heavy atom. The molecule has 1 heterocycles. The van der Waals surface area contributed by atoms with Gasteiger partial charge in [-0.05, 0) is 19.1 Å². The molecule has 0 saturated carbocycles. The fraction of sp³-hybridized carbons (Fsp3) is 0.300. The quantitative estimate of drug-likeness (QED) is 0.621. The van der Waals surface area contributed by atoms with Gasteiger partial charge in [0.1, 0.15) is 6.04 Å². The number of aromatic nitrogens is 1. The van der Waals surface area contributed by atoms with Crippen LogP contribution in [0.4, 0.5) is 11.5 Å². The van der Waals surface area contributed by atoms with Crippen LogP contribution in [0.5, 0.6) is 0 Å². The predicted molar refractivity (Wildman–Crippen MR) is 62.3 cm³/mol. The molecule has 0 spiro atoms. The molecule has 0 aliphatic heterocycles. The first kappa shape index (κ1) is 12.8. The molecule has 17 heavy (non-hydrogen) atoms. The number of nitrogen functional groups attached to an aromatic ring is 1. The molecule has 92 valence electrons. The molecule has 1 rings (SSSR count). The van der Waals surface area contributed by atoms with Gasteiger partial charge in [-0.3, -0.25) is 4.79 Å². The molecule has 5 N–H and O–H groups in total. The minimum Gasteiger partial charge on any atom is -0.464 e. The number of methoxy groups -OCH3 is 1. The normalized spacial score (nSPS) is 11.6. The van der Waals surface area contributed by atoms with Gasteiger partial charge in [-0.25, -0.2) is 9.78 Å². The number of carbonyl (C=O) groups is 2. The van der Waals surface area contributed by atoms with E-state index in [1.807, 2.05) is 0 Å². The number of rotatable bonds is 4. The smallest absolute Gasteiger partial charge is 0.356 e. The zero-order valence-electron chi connectivity index (χ0n) is 9.56. The summed E-state index contributed by atoms with van der Waals surface area (Å²) < 4.78 is 4.52. The molecular formula is C10H14N4O3. The van der Waals surface area contributed by atoms with Gasteiger partial charge in [0, 0.05) is 0 Å². The SMILES string of the molecule is COC(=O)c1ccc(N)c(NC(C)C(N)=O)n1. The summed E-state index contributed by atoms with van der Waals surface area (Å²) >= 11 is 0. The molecule has 7 nitrogen and oxygen atoms in total. The van der Waals surface area contributed by atoms with E-state index in [0.29, 0.717) is 5.69 Å². The number of amides is 1. The van der Waals surface area contributed by atoms with Crippen LogP contribution in [0.1, 0.15) is 17.4 Å². The molecular weight excluding hydrogens is 224 g/mol. The summed E-state index contributed by atoms with van der Waals surface area (Å²) in [5, 5.41) is 2.71. The van der Waals surface area contributed by atoms with E-state index in [1.165, 1.54) is 19.2 Å². The molecule has 0 aromatic carbocycles. The maximum absolute atomic E-state index is 11.3. The molecule has 0 saturated heterocycles. The highest BCUT2D eigenvalue weighted by Crippen LogP contribution is 2.17. The van der Waals surface area contributed by atoms with Gasteiger partial charge < -0.3 is 21.5 Å². The second kappa shape index (κ2) is 5.15. The van der Waals surface area contributed by atoms with Gasteiger partial charge in [-0.2, -0.15) is 0 Å². The van der Waals surface area contributed by atoms with Crippen molar-refractivity contribution in [3.63, 3.8) is 0 Å². The predicted octanol–water partition coefficient (Wildman–Crippen LogP) is -0.264. The van der Waals surface area contributed by atoms with E-state index >= 15 is 0 Å². The number of pyridine rings is 1. The number of hydrogen-bond acceptors (Lipinski definition) is 6. The Morgan fingerprint density at radius 3 is 2.65 bits per heavy atom. The first-order valence-corrected chi connectivity index (χ1v) is 4.86. The van der Waals surface area contributed by atoms with Crippen LogP contribution in [0, 0.1) is 0 Å². The number of nitrogens with one attached hydrogen (secondary N) is 1. The van der Waals surface area contributed by atoms with Crippen molar-refractivity contribution in [3.8, 4) is 0 Å². The highest BCUT2D eigenvalue weighted by molar-refractivity contribution is 5.89. The van der Waals surface area contributed by atoms with Gasteiger partial charge >= 0.3 is 5.97 Å². The van der Waals surface area contributed by atoms with Crippen molar-refractivity contribution in [2.24, 2.45) is 5.73 Å². The van der Waals surface area contributed by atoms with Crippen LogP contribution < -0.4 is 16.8 Å². The van der Waals surface area contributed by atoms with E-state index < -0.39 is 17.9 Å². The lowest BCUT2D eigenvalue weighted by Gasteiger charge is -2.13. The van der Waals surface area contributed by atoms with Crippen molar-refractivity contribution in [2.75, 3.05) is 18.2 Å². The molecule has 1 atom stereocenters. The molecule has 1 amide bonds. The molecule has 0 fully saturated rings. The van der Waals surface area contributed by atoms with Gasteiger partial charge in [-0.1, -0.05) is 0 Å². The van der Waals surface area contributed by atoms with E-state index in [1.54, 1.807) is 6.92 Å². The number of ether oxygens (including phenoxy) is 1. The first-order valence-electron chi connectivity index (χ1n) is 4.86. The Bertz CT molecular complexity index is 447. The standard InChI is InChI=1S/C10H14N4O3/c1-5(8(12)15)13-9-6(11)3-4-7(14-9)10(16)17-2/h3-5H,11H2,1-2H3,(H2,12,15)(H,13,14). The molecule has 0 aliphatic rings. The van der Waals surface area contributed by atoms with E-state index in [4.69, 9.17) is 11.5 Å². The first-order chi connectivity index (χ1) is 7.95. The zero-order valence-corrected chi connectivity index (χ0v) is 9.56. The molecule has 1 unspecified atom stereocenters. The van der Waals surface area contributed by atoms with Crippen LogP contribution in [0.15, 0.2) is 12.1 Å². The Kier molecular flexibility index (Phi) is 3.86. The summed E-state index contributed by atoms with van der Waals surface area (Å²) in [7, 11) is 1.25. The van der Waals surface area contributed by atoms with Crippen molar-refractivity contribution in [2.45, 2.75) is 13.0 Å². The van der Waals surface area contributed by atoms with E-state index in [-0.39, 0.29) is 11.5 Å². The van der Waals surface area contributed by atoms with E-state index in [2.05, 4.69) is 15.0 Å². The number of hydrogen-bond donors (Lipinski definition) is 3. The maximum atomic E-state index is 11.3. The topological polar surface area (TPSA) is 120 Å². The van der Waals surface area contributed by atoms with Crippen LogP contribution in [-0.4, -0.2) is 30.0 Å². The molecule has 0 aliphatic carbocycles. The van der Waals surface area contributed by atoms with Crippen molar-refractivity contribution in [3.05, 3.63) is 17.8 Å². The summed E-state index contributed by atoms with van der Waals surface area (Å²) in [6.07, 6.45) is 0. The third-order valence-electron chi connectivity index (χ3n) is 2.10. The van der Waals surface area contributed by atoms with Crippen LogP contribution in [0.3, 0.4) is 0 Å². The van der Waals surface area contributed by atoms with Crippen molar-refractivity contribution in [1.29, 1.82) is 0 Å². The van der Waals surface area contributed by atoms with Crippen LogP contribution in [0.2, 0.25) is 0 Å². The minimum atomic E-state index is -0.641. The highest BCUT2D eigenvalue weighted by atomic mass is 16.5. The molecule has 1 aromatic rings. The lowest BCUT2D eigenvalue weighted by molar-refractivity contribution is -0.118. The van der Waals surface area contributed by atoms with Gasteiger partial charge in [0.15, 0.2) is 11.5 Å². The number of nitrogens with two attached hydrogens (primary N) is 2. The molecule has 0 radical (unpaired) electrons. The second-order valence-electron chi connectivity index (χ2n) is 3.39. The lowest BCUT2D eigenvalue weighted by atomic mass is 10.3. The third kappa shape index (κ3) is 3.07. The number of anilines is 2. The Balaban J connectivity index is 2.98. The monoisotopic (exact) mass is 238 g/mol. The largest absolute Gasteiger partial charge is 0.464 e. The lowest BCUT2D eigenvalue weighted by Crippen LogP contribution is -2.33. The summed E-state index contributed by atoms with van der Waals surface area (Å²) in [4.78, 5) is 26.1. The number of esters is 1. The third-order valence-corrected chi connectivity index (χ3v) is 2.10. The van der Waals surface area contributed by atoms with Crippen molar-refractivity contribution < 1.29 is 14.3 Å². The number of carbonyl (C=O) groups excluding carboxylic acids is 2. The fourth-order valence-electron chi connectivity index (χ4n) is 1.08. The Labute approximate surface area is 98.1 Å².